The Morgan fingerprint density at radius 3 is 2.48 bits per heavy atom. The maximum Gasteiger partial charge on any atom is 0.128 e. The second-order valence-electron chi connectivity index (χ2n) is 4.47. The minimum atomic E-state index is -0.258. The highest BCUT2D eigenvalue weighted by Gasteiger charge is 2.00. The average Bonchev–Trinajstić information content (AvgIpc) is 2.51. The molecule has 0 bridgehead atoms. The first-order valence-corrected chi connectivity index (χ1v) is 6.69. The predicted molar refractivity (Wildman–Crippen MR) is 77.3 cm³/mol. The van der Waals surface area contributed by atoms with E-state index >= 15 is 0 Å². The van der Waals surface area contributed by atoms with Crippen LogP contribution in [0.25, 0.3) is 0 Å². The van der Waals surface area contributed by atoms with Gasteiger partial charge in [-0.25, -0.2) is 4.39 Å². The Labute approximate surface area is 123 Å². The van der Waals surface area contributed by atoms with Crippen LogP contribution >= 0.6 is 0 Å². The van der Waals surface area contributed by atoms with Crippen molar-refractivity contribution in [2.75, 3.05) is 13.2 Å². The topological polar surface area (TPSA) is 42.2 Å². The Morgan fingerprint density at radius 2 is 1.76 bits per heavy atom. The molecule has 0 radical (unpaired) electrons. The van der Waals surface area contributed by atoms with E-state index in [2.05, 4.69) is 6.07 Å². The number of hydrogen-bond acceptors (Lipinski definition) is 3. The quantitative estimate of drug-likeness (QED) is 0.731. The van der Waals surface area contributed by atoms with E-state index in [9.17, 15) is 4.39 Å². The van der Waals surface area contributed by atoms with Gasteiger partial charge in [-0.2, -0.15) is 5.26 Å². The lowest BCUT2D eigenvalue weighted by Crippen LogP contribution is -2.07. The molecule has 2 rings (SSSR count). The fraction of sp³-hybridized carbons (Fsp3) is 0.235. The second kappa shape index (κ2) is 8.03. The molecule has 2 aromatic carbocycles. The van der Waals surface area contributed by atoms with E-state index in [-0.39, 0.29) is 12.4 Å². The summed E-state index contributed by atoms with van der Waals surface area (Å²) in [5.74, 6) is 0.470. The summed E-state index contributed by atoms with van der Waals surface area (Å²) in [5.41, 5.74) is 1.50. The number of benzene rings is 2. The first kappa shape index (κ1) is 15.0. The number of rotatable bonds is 7. The van der Waals surface area contributed by atoms with Crippen molar-refractivity contribution in [3.8, 4) is 11.8 Å². The van der Waals surface area contributed by atoms with Crippen molar-refractivity contribution in [2.24, 2.45) is 0 Å². The molecule has 21 heavy (non-hydrogen) atoms. The number of halogens is 1. The van der Waals surface area contributed by atoms with Crippen LogP contribution in [-0.4, -0.2) is 13.2 Å². The Bertz CT molecular complexity index is 605. The molecule has 0 atom stereocenters. The van der Waals surface area contributed by atoms with E-state index in [4.69, 9.17) is 14.7 Å². The third-order valence-corrected chi connectivity index (χ3v) is 2.92. The highest BCUT2D eigenvalue weighted by atomic mass is 19.1. The van der Waals surface area contributed by atoms with Crippen molar-refractivity contribution in [3.05, 3.63) is 65.5 Å². The highest BCUT2D eigenvalue weighted by molar-refractivity contribution is 5.28. The maximum atomic E-state index is 13.3. The van der Waals surface area contributed by atoms with E-state index in [0.717, 1.165) is 11.3 Å². The van der Waals surface area contributed by atoms with Crippen molar-refractivity contribution in [3.63, 3.8) is 0 Å². The Kier molecular flexibility index (Phi) is 5.74. The van der Waals surface area contributed by atoms with Crippen LogP contribution in [0.4, 0.5) is 4.39 Å². The van der Waals surface area contributed by atoms with Gasteiger partial charge in [-0.1, -0.05) is 30.3 Å². The molecule has 0 aromatic heterocycles. The summed E-state index contributed by atoms with van der Waals surface area (Å²) in [5, 5.41) is 8.58. The van der Waals surface area contributed by atoms with Crippen molar-refractivity contribution in [2.45, 2.75) is 13.0 Å². The molecule has 2 aromatic rings. The van der Waals surface area contributed by atoms with E-state index in [1.165, 1.54) is 6.07 Å². The molecule has 0 heterocycles. The van der Waals surface area contributed by atoms with Gasteiger partial charge in [0.05, 0.1) is 25.7 Å². The SMILES string of the molecule is N#CCc1ccc(OCCOCc2ccccc2F)cc1. The van der Waals surface area contributed by atoms with Gasteiger partial charge in [0.2, 0.25) is 0 Å². The number of ether oxygens (including phenoxy) is 2. The number of nitriles is 1. The number of hydrogen-bond donors (Lipinski definition) is 0. The summed E-state index contributed by atoms with van der Waals surface area (Å²) in [6, 6.07) is 16.0. The lowest BCUT2D eigenvalue weighted by atomic mass is 10.2. The summed E-state index contributed by atoms with van der Waals surface area (Å²) < 4.78 is 24.2. The third-order valence-electron chi connectivity index (χ3n) is 2.92. The molecule has 0 spiro atoms. The smallest absolute Gasteiger partial charge is 0.128 e. The van der Waals surface area contributed by atoms with Crippen LogP contribution in [0.5, 0.6) is 5.75 Å². The largest absolute Gasteiger partial charge is 0.491 e. The van der Waals surface area contributed by atoms with Gasteiger partial charge in [0.1, 0.15) is 18.2 Å². The van der Waals surface area contributed by atoms with Crippen LogP contribution in [0.3, 0.4) is 0 Å². The molecule has 0 saturated heterocycles. The van der Waals surface area contributed by atoms with Gasteiger partial charge in [0, 0.05) is 5.56 Å². The maximum absolute atomic E-state index is 13.3. The number of nitrogens with zero attached hydrogens (tertiary/aromatic N) is 1. The van der Waals surface area contributed by atoms with Gasteiger partial charge in [-0.15, -0.1) is 0 Å². The van der Waals surface area contributed by atoms with Crippen LogP contribution in [0.2, 0.25) is 0 Å². The zero-order chi connectivity index (χ0) is 14.9. The van der Waals surface area contributed by atoms with Gasteiger partial charge in [-0.3, -0.25) is 0 Å². The molecule has 3 nitrogen and oxygen atoms in total. The molecule has 0 aliphatic heterocycles. The molecule has 0 unspecified atom stereocenters. The van der Waals surface area contributed by atoms with Crippen molar-refractivity contribution >= 4 is 0 Å². The fourth-order valence-electron chi connectivity index (χ4n) is 1.81. The monoisotopic (exact) mass is 285 g/mol. The van der Waals surface area contributed by atoms with Crippen LogP contribution in [0.15, 0.2) is 48.5 Å². The summed E-state index contributed by atoms with van der Waals surface area (Å²) >= 11 is 0. The fourth-order valence-corrected chi connectivity index (χ4v) is 1.81. The van der Waals surface area contributed by atoms with Gasteiger partial charge < -0.3 is 9.47 Å². The lowest BCUT2D eigenvalue weighted by Gasteiger charge is -2.08. The average molecular weight is 285 g/mol. The van der Waals surface area contributed by atoms with Crippen LogP contribution in [0, 0.1) is 17.1 Å². The Hall–Kier alpha value is -2.38. The van der Waals surface area contributed by atoms with Gasteiger partial charge in [0.15, 0.2) is 0 Å². The zero-order valence-corrected chi connectivity index (χ0v) is 11.6. The summed E-state index contributed by atoms with van der Waals surface area (Å²) in [4.78, 5) is 0. The van der Waals surface area contributed by atoms with Gasteiger partial charge >= 0.3 is 0 Å². The lowest BCUT2D eigenvalue weighted by molar-refractivity contribution is 0.0872. The van der Waals surface area contributed by atoms with Crippen LogP contribution in [0.1, 0.15) is 11.1 Å². The van der Waals surface area contributed by atoms with Crippen molar-refractivity contribution in [1.82, 2.24) is 0 Å². The molecule has 0 fully saturated rings. The Morgan fingerprint density at radius 1 is 1.00 bits per heavy atom. The molecule has 0 saturated carbocycles. The summed E-state index contributed by atoms with van der Waals surface area (Å²) in [6.45, 7) is 1.01. The minimum absolute atomic E-state index is 0.233. The predicted octanol–water partition coefficient (Wildman–Crippen LogP) is 3.49. The molecule has 0 aliphatic rings. The summed E-state index contributed by atoms with van der Waals surface area (Å²) in [7, 11) is 0. The second-order valence-corrected chi connectivity index (χ2v) is 4.47. The van der Waals surface area contributed by atoms with Crippen molar-refractivity contribution < 1.29 is 13.9 Å². The Balaban J connectivity index is 1.68. The third kappa shape index (κ3) is 4.90. The van der Waals surface area contributed by atoms with E-state index in [0.29, 0.717) is 25.2 Å². The van der Waals surface area contributed by atoms with Gasteiger partial charge in [0.25, 0.3) is 0 Å². The normalized spacial score (nSPS) is 10.1. The molecule has 108 valence electrons. The molecular formula is C17H16FNO2. The van der Waals surface area contributed by atoms with Crippen molar-refractivity contribution in [1.29, 1.82) is 5.26 Å². The zero-order valence-electron chi connectivity index (χ0n) is 11.6. The first-order valence-electron chi connectivity index (χ1n) is 6.69. The van der Waals surface area contributed by atoms with E-state index in [1.807, 2.05) is 24.3 Å². The molecule has 4 heteroatoms. The molecular weight excluding hydrogens is 269 g/mol. The summed E-state index contributed by atoms with van der Waals surface area (Å²) in [6.07, 6.45) is 0.395. The van der Waals surface area contributed by atoms with E-state index < -0.39 is 0 Å². The minimum Gasteiger partial charge on any atom is -0.491 e. The van der Waals surface area contributed by atoms with Gasteiger partial charge in [-0.05, 0) is 23.8 Å². The van der Waals surface area contributed by atoms with Crippen LogP contribution < -0.4 is 4.74 Å². The molecule has 0 amide bonds. The standard InChI is InChI=1S/C17H16FNO2/c18-17-4-2-1-3-15(17)13-20-11-12-21-16-7-5-14(6-8-16)9-10-19/h1-8H,9,11-13H2. The van der Waals surface area contributed by atoms with Crippen LogP contribution in [-0.2, 0) is 17.8 Å². The first-order chi connectivity index (χ1) is 10.3. The molecule has 0 aliphatic carbocycles. The molecule has 0 N–H and O–H groups in total. The highest BCUT2D eigenvalue weighted by Crippen LogP contribution is 2.12. The van der Waals surface area contributed by atoms with E-state index in [1.54, 1.807) is 18.2 Å².